The van der Waals surface area contributed by atoms with E-state index < -0.39 is 11.6 Å². The van der Waals surface area contributed by atoms with Crippen molar-refractivity contribution in [2.45, 2.75) is 13.5 Å². The van der Waals surface area contributed by atoms with Crippen molar-refractivity contribution in [3.8, 4) is 0 Å². The van der Waals surface area contributed by atoms with Crippen LogP contribution in [0.25, 0.3) is 11.0 Å². The third kappa shape index (κ3) is 2.47. The van der Waals surface area contributed by atoms with Gasteiger partial charge in [-0.05, 0) is 30.7 Å². The largest absolute Gasteiger partial charge is 0.352 e. The predicted molar refractivity (Wildman–Crippen MR) is 74.5 cm³/mol. The summed E-state index contributed by atoms with van der Waals surface area (Å²) < 4.78 is 26.3. The molecule has 3 rings (SSSR count). The summed E-state index contributed by atoms with van der Waals surface area (Å²) in [6.45, 7) is 2.24. The minimum absolute atomic E-state index is 0.241. The monoisotopic (exact) mass is 273 g/mol. The molecule has 2 N–H and O–H groups in total. The quantitative estimate of drug-likeness (QED) is 0.762. The summed E-state index contributed by atoms with van der Waals surface area (Å²) in [5.41, 5.74) is 3.30. The first kappa shape index (κ1) is 12.6. The van der Waals surface area contributed by atoms with Crippen molar-refractivity contribution in [1.82, 2.24) is 9.97 Å². The molecule has 0 unspecified atom stereocenters. The normalized spacial score (nSPS) is 10.9. The van der Waals surface area contributed by atoms with E-state index in [2.05, 4.69) is 15.3 Å². The lowest BCUT2D eigenvalue weighted by atomic mass is 10.2. The zero-order valence-corrected chi connectivity index (χ0v) is 10.9. The van der Waals surface area contributed by atoms with Gasteiger partial charge in [0, 0.05) is 18.2 Å². The number of nitrogens with one attached hydrogen (secondary N) is 2. The third-order valence-electron chi connectivity index (χ3n) is 3.10. The van der Waals surface area contributed by atoms with Gasteiger partial charge < -0.3 is 10.3 Å². The summed E-state index contributed by atoms with van der Waals surface area (Å²) >= 11 is 0. The highest BCUT2D eigenvalue weighted by molar-refractivity contribution is 5.78. The van der Waals surface area contributed by atoms with Crippen LogP contribution in [0.2, 0.25) is 0 Å². The molecule has 0 saturated heterocycles. The average Bonchev–Trinajstić information content (AvgIpc) is 2.79. The van der Waals surface area contributed by atoms with Crippen LogP contribution in [-0.4, -0.2) is 9.97 Å². The molecule has 0 amide bonds. The Balaban J connectivity index is 1.79. The number of rotatable bonds is 3. The van der Waals surface area contributed by atoms with Gasteiger partial charge in [0.15, 0.2) is 0 Å². The van der Waals surface area contributed by atoms with Crippen molar-refractivity contribution in [1.29, 1.82) is 0 Å². The zero-order valence-electron chi connectivity index (χ0n) is 10.9. The van der Waals surface area contributed by atoms with E-state index in [-0.39, 0.29) is 6.54 Å². The van der Waals surface area contributed by atoms with E-state index in [0.29, 0.717) is 11.5 Å². The molecular weight excluding hydrogens is 260 g/mol. The molecule has 0 aliphatic heterocycles. The maximum absolute atomic E-state index is 13.5. The van der Waals surface area contributed by atoms with Gasteiger partial charge in [0.05, 0.1) is 11.0 Å². The Hall–Kier alpha value is -2.43. The highest BCUT2D eigenvalue weighted by Gasteiger charge is 2.06. The fraction of sp³-hybridized carbons (Fsp3) is 0.133. The van der Waals surface area contributed by atoms with E-state index in [1.54, 1.807) is 0 Å². The Morgan fingerprint density at radius 1 is 1.15 bits per heavy atom. The van der Waals surface area contributed by atoms with Crippen LogP contribution in [-0.2, 0) is 6.54 Å². The second-order valence-corrected chi connectivity index (χ2v) is 4.70. The van der Waals surface area contributed by atoms with Crippen LogP contribution in [0.15, 0.2) is 36.4 Å². The lowest BCUT2D eigenvalue weighted by molar-refractivity contribution is 0.574. The summed E-state index contributed by atoms with van der Waals surface area (Å²) in [6.07, 6.45) is 0. The van der Waals surface area contributed by atoms with Crippen LogP contribution < -0.4 is 5.32 Å². The number of halogens is 2. The van der Waals surface area contributed by atoms with Crippen LogP contribution in [0.1, 0.15) is 11.1 Å². The first-order chi connectivity index (χ1) is 9.61. The van der Waals surface area contributed by atoms with Gasteiger partial charge in [-0.3, -0.25) is 0 Å². The highest BCUT2D eigenvalue weighted by atomic mass is 19.1. The number of nitrogens with zero attached hydrogens (tertiary/aromatic N) is 1. The van der Waals surface area contributed by atoms with Crippen LogP contribution in [0.5, 0.6) is 0 Å². The summed E-state index contributed by atoms with van der Waals surface area (Å²) in [5.74, 6) is -0.579. The van der Waals surface area contributed by atoms with Crippen LogP contribution in [0.4, 0.5) is 14.7 Å². The van der Waals surface area contributed by atoms with Gasteiger partial charge in [-0.2, -0.15) is 0 Å². The van der Waals surface area contributed by atoms with E-state index in [0.717, 1.165) is 22.7 Å². The van der Waals surface area contributed by atoms with Crippen LogP contribution in [0, 0.1) is 18.6 Å². The fourth-order valence-corrected chi connectivity index (χ4v) is 2.05. The highest BCUT2D eigenvalue weighted by Crippen LogP contribution is 2.17. The van der Waals surface area contributed by atoms with Crippen molar-refractivity contribution in [2.24, 2.45) is 0 Å². The van der Waals surface area contributed by atoms with Gasteiger partial charge in [0.1, 0.15) is 11.6 Å². The van der Waals surface area contributed by atoms with Gasteiger partial charge in [0.2, 0.25) is 5.95 Å². The molecule has 0 radical (unpaired) electrons. The minimum atomic E-state index is -0.578. The topological polar surface area (TPSA) is 40.7 Å². The molecule has 0 bridgehead atoms. The second-order valence-electron chi connectivity index (χ2n) is 4.70. The standard InChI is InChI=1S/C15H13F2N3/c1-9-2-5-13-14(6-9)20-15(19-13)18-8-10-3-4-11(16)7-12(10)17/h2-7H,8H2,1H3,(H2,18,19,20). The van der Waals surface area contributed by atoms with E-state index in [1.165, 1.54) is 12.1 Å². The van der Waals surface area contributed by atoms with Gasteiger partial charge >= 0.3 is 0 Å². The molecule has 2 aromatic carbocycles. The van der Waals surface area contributed by atoms with Crippen molar-refractivity contribution in [2.75, 3.05) is 5.32 Å². The molecule has 5 heteroatoms. The molecule has 3 aromatic rings. The van der Waals surface area contributed by atoms with E-state index in [9.17, 15) is 8.78 Å². The number of anilines is 1. The predicted octanol–water partition coefficient (Wildman–Crippen LogP) is 3.76. The van der Waals surface area contributed by atoms with Crippen molar-refractivity contribution < 1.29 is 8.78 Å². The molecule has 3 nitrogen and oxygen atoms in total. The molecule has 102 valence electrons. The van der Waals surface area contributed by atoms with Gasteiger partial charge in [-0.1, -0.05) is 12.1 Å². The van der Waals surface area contributed by atoms with Crippen molar-refractivity contribution in [3.05, 3.63) is 59.2 Å². The lowest BCUT2D eigenvalue weighted by Gasteiger charge is -2.04. The zero-order chi connectivity index (χ0) is 14.1. The Kier molecular flexibility index (Phi) is 3.10. The maximum atomic E-state index is 13.5. The summed E-state index contributed by atoms with van der Waals surface area (Å²) in [5, 5.41) is 3.00. The summed E-state index contributed by atoms with van der Waals surface area (Å²) in [7, 11) is 0. The van der Waals surface area contributed by atoms with Crippen LogP contribution >= 0.6 is 0 Å². The second kappa shape index (κ2) is 4.92. The Bertz CT molecular complexity index is 765. The number of H-pyrrole nitrogens is 1. The van der Waals surface area contributed by atoms with E-state index in [4.69, 9.17) is 0 Å². The first-order valence-electron chi connectivity index (χ1n) is 6.26. The number of aromatic amines is 1. The average molecular weight is 273 g/mol. The Morgan fingerprint density at radius 3 is 2.80 bits per heavy atom. The smallest absolute Gasteiger partial charge is 0.201 e. The molecule has 0 atom stereocenters. The Morgan fingerprint density at radius 2 is 2.00 bits per heavy atom. The molecular formula is C15H13F2N3. The summed E-state index contributed by atoms with van der Waals surface area (Å²) in [6, 6.07) is 9.43. The molecule has 0 fully saturated rings. The molecule has 0 aliphatic carbocycles. The fourth-order valence-electron chi connectivity index (χ4n) is 2.05. The van der Waals surface area contributed by atoms with Gasteiger partial charge in [0.25, 0.3) is 0 Å². The number of aryl methyl sites for hydroxylation is 1. The molecule has 1 aromatic heterocycles. The van der Waals surface area contributed by atoms with Crippen molar-refractivity contribution in [3.63, 3.8) is 0 Å². The van der Waals surface area contributed by atoms with E-state index >= 15 is 0 Å². The number of hydrogen-bond acceptors (Lipinski definition) is 2. The number of benzene rings is 2. The van der Waals surface area contributed by atoms with Gasteiger partial charge in [-0.25, -0.2) is 13.8 Å². The Labute approximate surface area is 114 Å². The van der Waals surface area contributed by atoms with Crippen molar-refractivity contribution >= 4 is 17.0 Å². The van der Waals surface area contributed by atoms with E-state index in [1.807, 2.05) is 25.1 Å². The third-order valence-corrected chi connectivity index (χ3v) is 3.10. The summed E-state index contributed by atoms with van der Waals surface area (Å²) in [4.78, 5) is 7.47. The number of hydrogen-bond donors (Lipinski definition) is 2. The molecule has 20 heavy (non-hydrogen) atoms. The van der Waals surface area contributed by atoms with Gasteiger partial charge in [-0.15, -0.1) is 0 Å². The molecule has 1 heterocycles. The molecule has 0 aliphatic rings. The minimum Gasteiger partial charge on any atom is -0.352 e. The van der Waals surface area contributed by atoms with Crippen LogP contribution in [0.3, 0.4) is 0 Å². The molecule has 0 saturated carbocycles. The number of aromatic nitrogens is 2. The maximum Gasteiger partial charge on any atom is 0.201 e. The lowest BCUT2D eigenvalue weighted by Crippen LogP contribution is -2.03. The molecule has 0 spiro atoms. The first-order valence-corrected chi connectivity index (χ1v) is 6.26. The SMILES string of the molecule is Cc1ccc2nc(NCc3ccc(F)cc3F)[nH]c2c1. The number of fused-ring (bicyclic) bond motifs is 1. The number of imidazole rings is 1.